The lowest BCUT2D eigenvalue weighted by Gasteiger charge is -1.76. The summed E-state index contributed by atoms with van der Waals surface area (Å²) in [4.78, 5) is 0. The quantitative estimate of drug-likeness (QED) is 0.406. The summed E-state index contributed by atoms with van der Waals surface area (Å²) in [6.07, 6.45) is 11.8. The van der Waals surface area contributed by atoms with Crippen molar-refractivity contribution >= 4 is 0 Å². The van der Waals surface area contributed by atoms with E-state index in [1.807, 2.05) is 24.3 Å². The monoisotopic (exact) mass is 164 g/mol. The van der Waals surface area contributed by atoms with Gasteiger partial charge in [-0.25, -0.2) is 0 Å². The summed E-state index contributed by atoms with van der Waals surface area (Å²) in [5.41, 5.74) is 0. The molecule has 0 atom stereocenters. The van der Waals surface area contributed by atoms with Gasteiger partial charge < -0.3 is 0 Å². The van der Waals surface area contributed by atoms with Gasteiger partial charge in [-0.1, -0.05) is 24.3 Å². The molecule has 0 nitrogen and oxygen atoms in total. The van der Waals surface area contributed by atoms with Crippen LogP contribution in [0.3, 0.4) is 0 Å². The van der Waals surface area contributed by atoms with Crippen LogP contribution in [0.25, 0.3) is 0 Å². The van der Waals surface area contributed by atoms with Crippen LogP contribution in [0.4, 0.5) is 0 Å². The minimum atomic E-state index is 1.06. The van der Waals surface area contributed by atoms with Gasteiger partial charge in [0.05, 0.1) is 0 Å². The predicted molar refractivity (Wildman–Crippen MR) is 59.3 cm³/mol. The topological polar surface area (TPSA) is 0 Å². The first-order valence-electron chi connectivity index (χ1n) is 4.27. The molecule has 0 aliphatic carbocycles. The van der Waals surface area contributed by atoms with Gasteiger partial charge in [0, 0.05) is 0 Å². The van der Waals surface area contributed by atoms with Gasteiger partial charge in [-0.2, -0.15) is 0 Å². The Labute approximate surface area is 77.0 Å². The Balaban J connectivity index is 0. The molecule has 0 aliphatic heterocycles. The molecule has 0 aromatic rings. The van der Waals surface area contributed by atoms with Gasteiger partial charge in [-0.05, 0) is 25.7 Å². The first kappa shape index (κ1) is 13.5. The molecular weight excluding hydrogens is 144 g/mol. The van der Waals surface area contributed by atoms with E-state index in [4.69, 9.17) is 0 Å². The number of rotatable bonds is 6. The van der Waals surface area contributed by atoms with Crippen molar-refractivity contribution in [2.75, 3.05) is 0 Å². The number of allylic oxidation sites excluding steroid dienone is 4. The molecule has 68 valence electrons. The van der Waals surface area contributed by atoms with Crippen molar-refractivity contribution in [3.8, 4) is 0 Å². The first-order valence-corrected chi connectivity index (χ1v) is 4.27. The fourth-order valence-corrected chi connectivity index (χ4v) is 0.471. The lowest BCUT2D eigenvalue weighted by atomic mass is 10.3. The van der Waals surface area contributed by atoms with Crippen LogP contribution in [0.5, 0.6) is 0 Å². The molecule has 0 heterocycles. The zero-order valence-electron chi connectivity index (χ0n) is 7.97. The van der Waals surface area contributed by atoms with E-state index in [0.29, 0.717) is 0 Å². The van der Waals surface area contributed by atoms with E-state index in [0.717, 1.165) is 25.7 Å². The van der Waals surface area contributed by atoms with E-state index in [-0.39, 0.29) is 0 Å². The maximum atomic E-state index is 3.55. The summed E-state index contributed by atoms with van der Waals surface area (Å²) >= 11 is 0. The average Bonchev–Trinajstić information content (AvgIpc) is 2.12. The summed E-state index contributed by atoms with van der Waals surface area (Å²) in [5.74, 6) is 0. The summed E-state index contributed by atoms with van der Waals surface area (Å²) in [6.45, 7) is 14.2. The van der Waals surface area contributed by atoms with Crippen LogP contribution in [-0.2, 0) is 0 Å². The molecule has 0 bridgehead atoms. The largest absolute Gasteiger partial charge is 0.103 e. The molecule has 0 N–H and O–H groups in total. The Morgan fingerprint density at radius 2 is 0.667 bits per heavy atom. The van der Waals surface area contributed by atoms with Crippen molar-refractivity contribution in [2.45, 2.75) is 25.7 Å². The lowest BCUT2D eigenvalue weighted by Crippen LogP contribution is -1.56. The van der Waals surface area contributed by atoms with Gasteiger partial charge in [-0.3, -0.25) is 0 Å². The fourth-order valence-electron chi connectivity index (χ4n) is 0.471. The van der Waals surface area contributed by atoms with Crippen LogP contribution in [0.1, 0.15) is 25.7 Å². The van der Waals surface area contributed by atoms with E-state index >= 15 is 0 Å². The molecule has 0 aromatic heterocycles. The molecule has 0 radical (unpaired) electrons. The van der Waals surface area contributed by atoms with Crippen LogP contribution in [0.2, 0.25) is 0 Å². The van der Waals surface area contributed by atoms with Crippen molar-refractivity contribution in [1.82, 2.24) is 0 Å². The highest BCUT2D eigenvalue weighted by Gasteiger charge is 1.66. The van der Waals surface area contributed by atoms with Crippen molar-refractivity contribution < 1.29 is 0 Å². The third-order valence-corrected chi connectivity index (χ3v) is 1.15. The Morgan fingerprint density at radius 1 is 0.500 bits per heavy atom. The summed E-state index contributed by atoms with van der Waals surface area (Å²) in [5, 5.41) is 0. The zero-order chi connectivity index (χ0) is 9.66. The molecule has 0 heteroatoms. The molecule has 0 rings (SSSR count). The molecule has 0 aliphatic rings. The van der Waals surface area contributed by atoms with E-state index in [1.54, 1.807) is 0 Å². The van der Waals surface area contributed by atoms with Gasteiger partial charge in [0.25, 0.3) is 0 Å². The predicted octanol–water partition coefficient (Wildman–Crippen LogP) is 4.28. The Morgan fingerprint density at radius 3 is 0.750 bits per heavy atom. The standard InChI is InChI=1S/2C6H10/c2*1-3-5-6-4-2/h2*3-4H,1-2,5-6H2. The van der Waals surface area contributed by atoms with E-state index < -0.39 is 0 Å². The number of hydrogen-bond acceptors (Lipinski definition) is 0. The van der Waals surface area contributed by atoms with Crippen LogP contribution in [-0.4, -0.2) is 0 Å². The molecule has 0 saturated heterocycles. The third kappa shape index (κ3) is 23.1. The van der Waals surface area contributed by atoms with Gasteiger partial charge in [0.15, 0.2) is 0 Å². The molecule has 0 saturated carbocycles. The van der Waals surface area contributed by atoms with E-state index in [2.05, 4.69) is 26.3 Å². The van der Waals surface area contributed by atoms with Crippen LogP contribution in [0, 0.1) is 0 Å². The Bertz CT molecular complexity index is 88.0. The normalized spacial score (nSPS) is 7.33. The van der Waals surface area contributed by atoms with Crippen LogP contribution in [0.15, 0.2) is 50.6 Å². The smallest absolute Gasteiger partial charge is 0.0319 e. The second-order valence-electron chi connectivity index (χ2n) is 2.31. The summed E-state index contributed by atoms with van der Waals surface area (Å²) in [7, 11) is 0. The molecule has 0 aromatic carbocycles. The maximum Gasteiger partial charge on any atom is -0.0319 e. The van der Waals surface area contributed by atoms with Gasteiger partial charge >= 0.3 is 0 Å². The minimum absolute atomic E-state index is 1.06. The van der Waals surface area contributed by atoms with Gasteiger partial charge in [0.2, 0.25) is 0 Å². The molecule has 0 fully saturated rings. The second kappa shape index (κ2) is 16.5. The Kier molecular flexibility index (Phi) is 18.6. The molecule has 0 unspecified atom stereocenters. The SMILES string of the molecule is C=CCCC=C.C=CCCC=C. The average molecular weight is 164 g/mol. The zero-order valence-corrected chi connectivity index (χ0v) is 7.97. The summed E-state index contributed by atoms with van der Waals surface area (Å²) < 4.78 is 0. The lowest BCUT2D eigenvalue weighted by molar-refractivity contribution is 1.06. The minimum Gasteiger partial charge on any atom is -0.103 e. The molecule has 12 heavy (non-hydrogen) atoms. The van der Waals surface area contributed by atoms with Crippen molar-refractivity contribution in [2.24, 2.45) is 0 Å². The maximum absolute atomic E-state index is 3.55. The second-order valence-corrected chi connectivity index (χ2v) is 2.31. The number of unbranched alkanes of at least 4 members (excludes halogenated alkanes) is 2. The highest BCUT2D eigenvalue weighted by molar-refractivity contribution is 4.74. The van der Waals surface area contributed by atoms with Crippen LogP contribution >= 0.6 is 0 Å². The fraction of sp³-hybridized carbons (Fsp3) is 0.333. The summed E-state index contributed by atoms with van der Waals surface area (Å²) in [6, 6.07) is 0. The molecule has 0 spiro atoms. The van der Waals surface area contributed by atoms with Gasteiger partial charge in [0.1, 0.15) is 0 Å². The third-order valence-electron chi connectivity index (χ3n) is 1.15. The van der Waals surface area contributed by atoms with Crippen molar-refractivity contribution in [3.63, 3.8) is 0 Å². The van der Waals surface area contributed by atoms with E-state index in [1.165, 1.54) is 0 Å². The molecule has 0 amide bonds. The van der Waals surface area contributed by atoms with Crippen molar-refractivity contribution in [1.29, 1.82) is 0 Å². The van der Waals surface area contributed by atoms with Crippen molar-refractivity contribution in [3.05, 3.63) is 50.6 Å². The Hall–Kier alpha value is -1.04. The first-order chi connectivity index (χ1) is 5.83. The van der Waals surface area contributed by atoms with Gasteiger partial charge in [-0.15, -0.1) is 26.3 Å². The highest BCUT2D eigenvalue weighted by Crippen LogP contribution is 1.86. The molecular formula is C12H20. The highest BCUT2D eigenvalue weighted by atomic mass is 13.7. The number of hydrogen-bond donors (Lipinski definition) is 0. The van der Waals surface area contributed by atoms with E-state index in [9.17, 15) is 0 Å². The van der Waals surface area contributed by atoms with Crippen LogP contribution < -0.4 is 0 Å².